The zero-order chi connectivity index (χ0) is 13.7. The Balaban J connectivity index is 1.94. The highest BCUT2D eigenvalue weighted by Crippen LogP contribution is 2.13. The second-order valence-corrected chi connectivity index (χ2v) is 4.68. The molecule has 0 saturated carbocycles. The summed E-state index contributed by atoms with van der Waals surface area (Å²) in [7, 11) is 0. The van der Waals surface area contributed by atoms with Gasteiger partial charge in [0.05, 0.1) is 12.6 Å². The van der Waals surface area contributed by atoms with Crippen LogP contribution in [0.1, 0.15) is 5.56 Å². The maximum Gasteiger partial charge on any atom is 0.238 e. The molecule has 1 unspecified atom stereocenters. The van der Waals surface area contributed by atoms with E-state index >= 15 is 0 Å². The topological polar surface area (TPSA) is 68.2 Å². The molecule has 1 fully saturated rings. The minimum Gasteiger partial charge on any atom is -0.325 e. The number of nitrogens with one attached hydrogen (secondary N) is 2. The van der Waals surface area contributed by atoms with Crippen LogP contribution in [0.15, 0.2) is 24.3 Å². The first-order valence-corrected chi connectivity index (χ1v) is 6.40. The molecule has 1 aromatic rings. The Labute approximate surface area is 113 Å². The number of carbonyl (C=O) groups excluding carboxylic acids is 1. The SMILES string of the molecule is Cc1ccccc1NC(=O)CN1CCNCC1C#N. The molecule has 1 amide bonds. The monoisotopic (exact) mass is 258 g/mol. The zero-order valence-corrected chi connectivity index (χ0v) is 11.0. The van der Waals surface area contributed by atoms with Crippen LogP contribution in [0.4, 0.5) is 5.69 Å². The van der Waals surface area contributed by atoms with E-state index in [2.05, 4.69) is 16.7 Å². The number of nitrogens with zero attached hydrogens (tertiary/aromatic N) is 2. The summed E-state index contributed by atoms with van der Waals surface area (Å²) in [5.41, 5.74) is 1.86. The Morgan fingerprint density at radius 3 is 3.11 bits per heavy atom. The highest BCUT2D eigenvalue weighted by atomic mass is 16.2. The molecule has 1 atom stereocenters. The molecular weight excluding hydrogens is 240 g/mol. The molecule has 0 bridgehead atoms. The number of aryl methyl sites for hydroxylation is 1. The van der Waals surface area contributed by atoms with Crippen LogP contribution in [0.25, 0.3) is 0 Å². The highest BCUT2D eigenvalue weighted by molar-refractivity contribution is 5.93. The number of para-hydroxylation sites is 1. The molecule has 0 radical (unpaired) electrons. The molecule has 1 aromatic carbocycles. The van der Waals surface area contributed by atoms with Gasteiger partial charge in [-0.05, 0) is 18.6 Å². The van der Waals surface area contributed by atoms with Gasteiger partial charge in [0.25, 0.3) is 0 Å². The fraction of sp³-hybridized carbons (Fsp3) is 0.429. The fourth-order valence-corrected chi connectivity index (χ4v) is 2.15. The number of anilines is 1. The first-order chi connectivity index (χ1) is 9.20. The first-order valence-electron chi connectivity index (χ1n) is 6.40. The maximum absolute atomic E-state index is 12.0. The molecule has 1 saturated heterocycles. The lowest BCUT2D eigenvalue weighted by Gasteiger charge is -2.31. The van der Waals surface area contributed by atoms with Gasteiger partial charge >= 0.3 is 0 Å². The predicted octanol–water partition coefficient (Wildman–Crippen LogP) is 0.731. The van der Waals surface area contributed by atoms with Crippen LogP contribution in [0.5, 0.6) is 0 Å². The van der Waals surface area contributed by atoms with E-state index in [0.29, 0.717) is 6.54 Å². The van der Waals surface area contributed by atoms with Gasteiger partial charge in [-0.3, -0.25) is 9.69 Å². The van der Waals surface area contributed by atoms with Crippen LogP contribution in [-0.4, -0.2) is 43.0 Å². The Morgan fingerprint density at radius 1 is 1.58 bits per heavy atom. The summed E-state index contributed by atoms with van der Waals surface area (Å²) in [6.45, 7) is 4.37. The quantitative estimate of drug-likeness (QED) is 0.838. The van der Waals surface area contributed by atoms with Gasteiger partial charge in [0.1, 0.15) is 6.04 Å². The van der Waals surface area contributed by atoms with E-state index < -0.39 is 0 Å². The minimum atomic E-state index is -0.226. The summed E-state index contributed by atoms with van der Waals surface area (Å²) in [5.74, 6) is -0.0727. The molecule has 0 aliphatic carbocycles. The van der Waals surface area contributed by atoms with Crippen molar-refractivity contribution in [3.8, 4) is 6.07 Å². The summed E-state index contributed by atoms with van der Waals surface area (Å²) in [4.78, 5) is 13.9. The standard InChI is InChI=1S/C14H18N4O/c1-11-4-2-3-5-13(11)17-14(19)10-18-7-6-16-9-12(18)8-15/h2-5,12,16H,6-7,9-10H2,1H3,(H,17,19). The van der Waals surface area contributed by atoms with E-state index in [4.69, 9.17) is 5.26 Å². The van der Waals surface area contributed by atoms with Gasteiger partial charge in [0.15, 0.2) is 0 Å². The molecule has 0 aromatic heterocycles. The Kier molecular flexibility index (Phi) is 4.50. The molecule has 1 heterocycles. The number of hydrogen-bond donors (Lipinski definition) is 2. The van der Waals surface area contributed by atoms with Crippen LogP contribution in [0.3, 0.4) is 0 Å². The molecule has 100 valence electrons. The number of rotatable bonds is 3. The predicted molar refractivity (Wildman–Crippen MR) is 73.7 cm³/mol. The number of carbonyl (C=O) groups is 1. The largest absolute Gasteiger partial charge is 0.325 e. The molecule has 0 spiro atoms. The summed E-state index contributed by atoms with van der Waals surface area (Å²) in [6.07, 6.45) is 0. The molecule has 5 nitrogen and oxygen atoms in total. The molecule has 19 heavy (non-hydrogen) atoms. The van der Waals surface area contributed by atoms with Crippen molar-refractivity contribution in [1.82, 2.24) is 10.2 Å². The fourth-order valence-electron chi connectivity index (χ4n) is 2.15. The van der Waals surface area contributed by atoms with E-state index in [9.17, 15) is 4.79 Å². The lowest BCUT2D eigenvalue weighted by molar-refractivity contribution is -0.117. The number of amides is 1. The Morgan fingerprint density at radius 2 is 2.37 bits per heavy atom. The maximum atomic E-state index is 12.0. The summed E-state index contributed by atoms with van der Waals surface area (Å²) >= 11 is 0. The number of benzene rings is 1. The van der Waals surface area contributed by atoms with Gasteiger partial charge in [-0.2, -0.15) is 5.26 Å². The second-order valence-electron chi connectivity index (χ2n) is 4.68. The zero-order valence-electron chi connectivity index (χ0n) is 11.0. The third-order valence-corrected chi connectivity index (χ3v) is 3.27. The van der Waals surface area contributed by atoms with Crippen LogP contribution in [0, 0.1) is 18.3 Å². The van der Waals surface area contributed by atoms with Crippen LogP contribution in [0.2, 0.25) is 0 Å². The summed E-state index contributed by atoms with van der Waals surface area (Å²) in [6, 6.07) is 9.66. The van der Waals surface area contributed by atoms with Gasteiger partial charge in [-0.15, -0.1) is 0 Å². The summed E-state index contributed by atoms with van der Waals surface area (Å²) < 4.78 is 0. The van der Waals surface area contributed by atoms with Crippen molar-refractivity contribution in [2.75, 3.05) is 31.5 Å². The average Bonchev–Trinajstić information content (AvgIpc) is 2.42. The third kappa shape index (κ3) is 3.53. The Bertz CT molecular complexity index is 494. The van der Waals surface area contributed by atoms with Crippen molar-refractivity contribution in [3.63, 3.8) is 0 Å². The van der Waals surface area contributed by atoms with Crippen molar-refractivity contribution in [3.05, 3.63) is 29.8 Å². The van der Waals surface area contributed by atoms with Crippen molar-refractivity contribution in [1.29, 1.82) is 5.26 Å². The van der Waals surface area contributed by atoms with E-state index in [0.717, 1.165) is 24.3 Å². The average molecular weight is 258 g/mol. The number of piperazine rings is 1. The van der Waals surface area contributed by atoms with E-state index in [-0.39, 0.29) is 18.5 Å². The Hall–Kier alpha value is -1.90. The van der Waals surface area contributed by atoms with Gasteiger partial charge in [0.2, 0.25) is 5.91 Å². The van der Waals surface area contributed by atoms with Crippen molar-refractivity contribution < 1.29 is 4.79 Å². The first kappa shape index (κ1) is 13.5. The smallest absolute Gasteiger partial charge is 0.238 e. The number of nitriles is 1. The van der Waals surface area contributed by atoms with Gasteiger partial charge in [-0.25, -0.2) is 0 Å². The van der Waals surface area contributed by atoms with Crippen LogP contribution < -0.4 is 10.6 Å². The van der Waals surface area contributed by atoms with Gasteiger partial charge < -0.3 is 10.6 Å². The van der Waals surface area contributed by atoms with Crippen molar-refractivity contribution in [2.24, 2.45) is 0 Å². The molecule has 2 rings (SSSR count). The third-order valence-electron chi connectivity index (χ3n) is 3.27. The van der Waals surface area contributed by atoms with Crippen LogP contribution in [-0.2, 0) is 4.79 Å². The summed E-state index contributed by atoms with van der Waals surface area (Å²) in [5, 5.41) is 15.1. The van der Waals surface area contributed by atoms with Crippen LogP contribution >= 0.6 is 0 Å². The van der Waals surface area contributed by atoms with Gasteiger partial charge in [-0.1, -0.05) is 18.2 Å². The van der Waals surface area contributed by atoms with E-state index in [1.807, 2.05) is 36.1 Å². The lowest BCUT2D eigenvalue weighted by Crippen LogP contribution is -2.52. The minimum absolute atomic E-state index is 0.0727. The number of hydrogen-bond acceptors (Lipinski definition) is 4. The molecular formula is C14H18N4O. The molecule has 1 aliphatic rings. The molecule has 5 heteroatoms. The van der Waals surface area contributed by atoms with E-state index in [1.165, 1.54) is 0 Å². The van der Waals surface area contributed by atoms with Crippen molar-refractivity contribution in [2.45, 2.75) is 13.0 Å². The highest BCUT2D eigenvalue weighted by Gasteiger charge is 2.23. The lowest BCUT2D eigenvalue weighted by atomic mass is 10.2. The van der Waals surface area contributed by atoms with Gasteiger partial charge in [0, 0.05) is 25.3 Å². The van der Waals surface area contributed by atoms with E-state index in [1.54, 1.807) is 0 Å². The normalized spacial score (nSPS) is 19.7. The second kappa shape index (κ2) is 6.32. The molecule has 1 aliphatic heterocycles. The van der Waals surface area contributed by atoms with Crippen molar-refractivity contribution >= 4 is 11.6 Å². The molecule has 2 N–H and O–H groups in total.